The van der Waals surface area contributed by atoms with E-state index in [4.69, 9.17) is 11.6 Å². The smallest absolute Gasteiger partial charge is 0.233 e. The molecule has 144 valence electrons. The Morgan fingerprint density at radius 3 is 2.50 bits per heavy atom. The van der Waals surface area contributed by atoms with Crippen LogP contribution in [0.3, 0.4) is 0 Å². The van der Waals surface area contributed by atoms with Crippen LogP contribution in [0.1, 0.15) is 0 Å². The van der Waals surface area contributed by atoms with Crippen LogP contribution >= 0.6 is 23.4 Å². The highest BCUT2D eigenvalue weighted by Gasteiger charge is 2.21. The Morgan fingerprint density at radius 2 is 1.75 bits per heavy atom. The Hall–Kier alpha value is -2.51. The fourth-order valence-electron chi connectivity index (χ4n) is 3.12. The molecule has 28 heavy (non-hydrogen) atoms. The molecule has 8 heteroatoms. The minimum atomic E-state index is 0.117. The summed E-state index contributed by atoms with van der Waals surface area (Å²) in [6.07, 6.45) is 1.67. The van der Waals surface area contributed by atoms with Crippen LogP contribution in [0.5, 0.6) is 0 Å². The number of rotatable bonds is 5. The van der Waals surface area contributed by atoms with E-state index in [0.29, 0.717) is 24.0 Å². The molecule has 0 N–H and O–H groups in total. The third-order valence-corrected chi connectivity index (χ3v) is 5.69. The maximum atomic E-state index is 12.5. The lowest BCUT2D eigenvalue weighted by molar-refractivity contribution is -0.128. The number of para-hydroxylation sites is 1. The van der Waals surface area contributed by atoms with Crippen LogP contribution in [0.15, 0.2) is 66.1 Å². The van der Waals surface area contributed by atoms with Crippen molar-refractivity contribution >= 4 is 35.0 Å². The molecule has 1 aromatic heterocycles. The quantitative estimate of drug-likeness (QED) is 0.600. The monoisotopic (exact) mass is 413 g/mol. The molecule has 0 aliphatic carbocycles. The van der Waals surface area contributed by atoms with E-state index >= 15 is 0 Å². The van der Waals surface area contributed by atoms with Crippen LogP contribution in [0.4, 0.5) is 5.69 Å². The third-order valence-electron chi connectivity index (χ3n) is 4.62. The van der Waals surface area contributed by atoms with Gasteiger partial charge in [-0.3, -0.25) is 4.79 Å². The van der Waals surface area contributed by atoms with E-state index < -0.39 is 0 Å². The van der Waals surface area contributed by atoms with Gasteiger partial charge in [0.05, 0.1) is 11.4 Å². The van der Waals surface area contributed by atoms with Crippen LogP contribution in [-0.4, -0.2) is 57.5 Å². The number of nitrogens with zero attached hydrogens (tertiary/aromatic N) is 5. The Morgan fingerprint density at radius 1 is 1.00 bits per heavy atom. The largest absolute Gasteiger partial charge is 0.368 e. The number of amides is 1. The van der Waals surface area contributed by atoms with Gasteiger partial charge in [-0.15, -0.1) is 5.10 Å². The first-order chi connectivity index (χ1) is 13.7. The minimum absolute atomic E-state index is 0.117. The Balaban J connectivity index is 1.28. The fraction of sp³-hybridized carbons (Fsp3) is 0.250. The van der Waals surface area contributed by atoms with E-state index in [0.717, 1.165) is 29.5 Å². The zero-order chi connectivity index (χ0) is 19.3. The number of piperazine rings is 1. The zero-order valence-electron chi connectivity index (χ0n) is 15.2. The molecule has 0 spiro atoms. The van der Waals surface area contributed by atoms with E-state index in [1.807, 2.05) is 59.5 Å². The third kappa shape index (κ3) is 4.48. The first-order valence-corrected chi connectivity index (χ1v) is 10.4. The Labute approximate surface area is 173 Å². The summed E-state index contributed by atoms with van der Waals surface area (Å²) in [7, 11) is 0. The highest BCUT2D eigenvalue weighted by Crippen LogP contribution is 2.21. The second kappa shape index (κ2) is 8.67. The van der Waals surface area contributed by atoms with Crippen molar-refractivity contribution in [1.82, 2.24) is 19.7 Å². The topological polar surface area (TPSA) is 54.3 Å². The molecule has 2 aromatic carbocycles. The predicted molar refractivity (Wildman–Crippen MR) is 112 cm³/mol. The molecule has 1 aliphatic rings. The zero-order valence-corrected chi connectivity index (χ0v) is 16.8. The summed E-state index contributed by atoms with van der Waals surface area (Å²) in [5.41, 5.74) is 2.05. The Kier molecular flexibility index (Phi) is 5.83. The van der Waals surface area contributed by atoms with Gasteiger partial charge in [0.15, 0.2) is 0 Å². The predicted octanol–water partition coefficient (Wildman–Crippen LogP) is 3.36. The van der Waals surface area contributed by atoms with E-state index in [1.54, 1.807) is 11.0 Å². The van der Waals surface area contributed by atoms with Gasteiger partial charge in [-0.1, -0.05) is 47.6 Å². The van der Waals surface area contributed by atoms with Gasteiger partial charge >= 0.3 is 0 Å². The van der Waals surface area contributed by atoms with Crippen LogP contribution < -0.4 is 4.90 Å². The average Bonchev–Trinajstić information content (AvgIpc) is 3.22. The van der Waals surface area contributed by atoms with Crippen LogP contribution in [0.25, 0.3) is 5.69 Å². The first kappa shape index (κ1) is 18.8. The van der Waals surface area contributed by atoms with Crippen molar-refractivity contribution < 1.29 is 4.79 Å². The summed E-state index contributed by atoms with van der Waals surface area (Å²) in [6, 6.07) is 17.6. The van der Waals surface area contributed by atoms with Gasteiger partial charge in [0.1, 0.15) is 6.33 Å². The van der Waals surface area contributed by atoms with Gasteiger partial charge in [0.2, 0.25) is 11.1 Å². The number of halogens is 1. The van der Waals surface area contributed by atoms with E-state index in [2.05, 4.69) is 15.0 Å². The molecule has 3 aromatic rings. The molecule has 0 saturated carbocycles. The van der Waals surface area contributed by atoms with Gasteiger partial charge in [-0.05, 0) is 30.3 Å². The van der Waals surface area contributed by atoms with E-state index in [9.17, 15) is 4.79 Å². The van der Waals surface area contributed by atoms with Gasteiger partial charge < -0.3 is 9.80 Å². The molecule has 6 nitrogen and oxygen atoms in total. The number of hydrogen-bond acceptors (Lipinski definition) is 5. The minimum Gasteiger partial charge on any atom is -0.368 e. The number of benzene rings is 2. The van der Waals surface area contributed by atoms with Crippen molar-refractivity contribution in [1.29, 1.82) is 0 Å². The SMILES string of the molecule is O=C(CSc1ncn(-c2ccccc2)n1)N1CCN(c2cccc(Cl)c2)CC1. The molecule has 2 heterocycles. The summed E-state index contributed by atoms with van der Waals surface area (Å²) >= 11 is 7.45. The molecule has 1 aliphatic heterocycles. The average molecular weight is 414 g/mol. The van der Waals surface area contributed by atoms with Crippen molar-refractivity contribution in [3.8, 4) is 5.69 Å². The molecule has 0 bridgehead atoms. The van der Waals surface area contributed by atoms with Crippen molar-refractivity contribution in [3.05, 3.63) is 65.9 Å². The summed E-state index contributed by atoms with van der Waals surface area (Å²) < 4.78 is 1.72. The second-order valence-corrected chi connectivity index (χ2v) is 7.82. The van der Waals surface area contributed by atoms with Crippen molar-refractivity contribution in [2.24, 2.45) is 0 Å². The van der Waals surface area contributed by atoms with Gasteiger partial charge in [-0.2, -0.15) is 0 Å². The van der Waals surface area contributed by atoms with E-state index in [-0.39, 0.29) is 5.91 Å². The number of carbonyl (C=O) groups excluding carboxylic acids is 1. The number of aromatic nitrogens is 3. The lowest BCUT2D eigenvalue weighted by Gasteiger charge is -2.36. The maximum absolute atomic E-state index is 12.5. The molecule has 4 rings (SSSR count). The highest BCUT2D eigenvalue weighted by molar-refractivity contribution is 7.99. The Bertz CT molecular complexity index is 941. The molecule has 1 fully saturated rings. The number of carbonyl (C=O) groups is 1. The summed E-state index contributed by atoms with van der Waals surface area (Å²) in [5.74, 6) is 0.461. The summed E-state index contributed by atoms with van der Waals surface area (Å²) in [6.45, 7) is 3.02. The normalized spacial score (nSPS) is 14.3. The van der Waals surface area contributed by atoms with Crippen molar-refractivity contribution in [3.63, 3.8) is 0 Å². The first-order valence-electron chi connectivity index (χ1n) is 9.07. The number of anilines is 1. The molecule has 0 radical (unpaired) electrons. The van der Waals surface area contributed by atoms with Gasteiger partial charge in [0, 0.05) is 36.9 Å². The molecule has 0 unspecified atom stereocenters. The van der Waals surface area contributed by atoms with Crippen molar-refractivity contribution in [2.75, 3.05) is 36.8 Å². The van der Waals surface area contributed by atoms with Gasteiger partial charge in [0.25, 0.3) is 0 Å². The summed E-state index contributed by atoms with van der Waals surface area (Å²) in [4.78, 5) is 21.0. The second-order valence-electron chi connectivity index (χ2n) is 6.44. The highest BCUT2D eigenvalue weighted by atomic mass is 35.5. The van der Waals surface area contributed by atoms with Crippen LogP contribution in [0, 0.1) is 0 Å². The molecule has 0 atom stereocenters. The van der Waals surface area contributed by atoms with E-state index in [1.165, 1.54) is 11.8 Å². The number of thioether (sulfide) groups is 1. The van der Waals surface area contributed by atoms with Gasteiger partial charge in [-0.25, -0.2) is 9.67 Å². The summed E-state index contributed by atoms with van der Waals surface area (Å²) in [5, 5.41) is 5.77. The van der Waals surface area contributed by atoms with Crippen LogP contribution in [0.2, 0.25) is 5.02 Å². The maximum Gasteiger partial charge on any atom is 0.233 e. The number of hydrogen-bond donors (Lipinski definition) is 0. The molecule has 1 amide bonds. The standard InChI is InChI=1S/C20H20ClN5OS/c21-16-5-4-8-18(13-16)24-9-11-25(12-10-24)19(27)14-28-20-22-15-26(23-20)17-6-2-1-3-7-17/h1-8,13,15H,9-12,14H2. The molecular formula is C20H20ClN5OS. The molecule has 1 saturated heterocycles. The van der Waals surface area contributed by atoms with Crippen LogP contribution in [-0.2, 0) is 4.79 Å². The lowest BCUT2D eigenvalue weighted by Crippen LogP contribution is -2.49. The van der Waals surface area contributed by atoms with Crippen molar-refractivity contribution in [2.45, 2.75) is 5.16 Å². The molecular weight excluding hydrogens is 394 g/mol. The fourth-order valence-corrected chi connectivity index (χ4v) is 4.01. The lowest BCUT2D eigenvalue weighted by atomic mass is 10.2.